The first kappa shape index (κ1) is 12.2. The summed E-state index contributed by atoms with van der Waals surface area (Å²) in [6, 6.07) is 9.67. The molecule has 0 spiro atoms. The maximum atomic E-state index is 12.1. The quantitative estimate of drug-likeness (QED) is 0.746. The second-order valence-electron chi connectivity index (χ2n) is 4.29. The van der Waals surface area contributed by atoms with Crippen molar-refractivity contribution in [2.45, 2.75) is 6.54 Å². The lowest BCUT2D eigenvalue weighted by atomic mass is 10.2. The van der Waals surface area contributed by atoms with Gasteiger partial charge >= 0.3 is 5.69 Å². The summed E-state index contributed by atoms with van der Waals surface area (Å²) in [5.41, 5.74) is 0.756. The van der Waals surface area contributed by atoms with Gasteiger partial charge in [0.1, 0.15) is 5.52 Å². The first-order valence-corrected chi connectivity index (χ1v) is 6.13. The Bertz CT molecular complexity index is 871. The van der Waals surface area contributed by atoms with Gasteiger partial charge in [-0.1, -0.05) is 42.5 Å². The minimum atomic E-state index is -0.465. The van der Waals surface area contributed by atoms with E-state index in [9.17, 15) is 9.59 Å². The molecule has 20 heavy (non-hydrogen) atoms. The molecule has 0 atom stereocenters. The van der Waals surface area contributed by atoms with Crippen LogP contribution in [0.1, 0.15) is 5.56 Å². The highest BCUT2D eigenvalue weighted by Crippen LogP contribution is 2.01. The summed E-state index contributed by atoms with van der Waals surface area (Å²) in [5.74, 6) is 0. The molecule has 2 heterocycles. The molecule has 100 valence electrons. The molecule has 0 unspecified atom stereocenters. The van der Waals surface area contributed by atoms with Crippen LogP contribution in [0.2, 0.25) is 0 Å². The predicted octanol–water partition coefficient (Wildman–Crippen LogP) is 1.13. The first-order chi connectivity index (χ1) is 9.75. The van der Waals surface area contributed by atoms with Crippen LogP contribution < -0.4 is 11.2 Å². The number of nitrogens with one attached hydrogen (secondary N) is 2. The van der Waals surface area contributed by atoms with Crippen LogP contribution in [0.5, 0.6) is 0 Å². The zero-order valence-corrected chi connectivity index (χ0v) is 10.5. The van der Waals surface area contributed by atoms with Crippen molar-refractivity contribution >= 4 is 17.2 Å². The lowest BCUT2D eigenvalue weighted by molar-refractivity contribution is 0.727. The van der Waals surface area contributed by atoms with E-state index < -0.39 is 5.69 Å². The minimum Gasteiger partial charge on any atom is -0.339 e. The number of aromatic amines is 2. The van der Waals surface area contributed by atoms with Crippen molar-refractivity contribution in [1.82, 2.24) is 19.5 Å². The van der Waals surface area contributed by atoms with Crippen LogP contribution in [-0.2, 0) is 6.54 Å². The zero-order chi connectivity index (χ0) is 13.9. The largest absolute Gasteiger partial charge is 0.339 e. The number of allylic oxidation sites excluding steroid dienone is 1. The molecule has 0 aliphatic rings. The van der Waals surface area contributed by atoms with Gasteiger partial charge in [0.25, 0.3) is 5.56 Å². The molecule has 6 nitrogen and oxygen atoms in total. The van der Waals surface area contributed by atoms with E-state index >= 15 is 0 Å². The number of nitrogens with zero attached hydrogens (tertiary/aromatic N) is 2. The molecule has 0 aliphatic carbocycles. The van der Waals surface area contributed by atoms with Crippen molar-refractivity contribution in [3.05, 3.63) is 69.1 Å². The molecule has 0 saturated carbocycles. The Hall–Kier alpha value is -2.89. The molecule has 0 bridgehead atoms. The van der Waals surface area contributed by atoms with Crippen molar-refractivity contribution in [2.75, 3.05) is 0 Å². The topological polar surface area (TPSA) is 83.5 Å². The van der Waals surface area contributed by atoms with Gasteiger partial charge in [0.05, 0.1) is 6.33 Å². The highest BCUT2D eigenvalue weighted by Gasteiger charge is 2.07. The van der Waals surface area contributed by atoms with Gasteiger partial charge in [0.15, 0.2) is 5.65 Å². The molecular weight excluding hydrogens is 256 g/mol. The lowest BCUT2D eigenvalue weighted by Crippen LogP contribution is -2.34. The van der Waals surface area contributed by atoms with Crippen molar-refractivity contribution in [3.63, 3.8) is 0 Å². The zero-order valence-electron chi connectivity index (χ0n) is 10.5. The first-order valence-electron chi connectivity index (χ1n) is 6.13. The van der Waals surface area contributed by atoms with Gasteiger partial charge in [-0.3, -0.25) is 14.3 Å². The number of hydrogen-bond donors (Lipinski definition) is 2. The molecule has 3 rings (SSSR count). The van der Waals surface area contributed by atoms with E-state index in [0.29, 0.717) is 5.52 Å². The average molecular weight is 268 g/mol. The maximum Gasteiger partial charge on any atom is 0.330 e. The fourth-order valence-corrected chi connectivity index (χ4v) is 1.97. The van der Waals surface area contributed by atoms with E-state index in [-0.39, 0.29) is 17.8 Å². The summed E-state index contributed by atoms with van der Waals surface area (Å²) < 4.78 is 1.12. The highest BCUT2D eigenvalue weighted by molar-refractivity contribution is 5.67. The average Bonchev–Trinajstić information content (AvgIpc) is 2.92. The van der Waals surface area contributed by atoms with E-state index in [4.69, 9.17) is 0 Å². The van der Waals surface area contributed by atoms with E-state index in [1.165, 1.54) is 6.33 Å². The number of benzene rings is 1. The lowest BCUT2D eigenvalue weighted by Gasteiger charge is -2.00. The standard InChI is InChI=1S/C14H12N4O2/c19-13-11-12(16-9-15-11)17-14(20)18(13)8-4-7-10-5-2-1-3-6-10/h1-7,9H,8H2,(H,15,16)(H,17,20). The van der Waals surface area contributed by atoms with Crippen molar-refractivity contribution in [2.24, 2.45) is 0 Å². The number of hydrogen-bond acceptors (Lipinski definition) is 3. The second-order valence-corrected chi connectivity index (χ2v) is 4.29. The number of aromatic nitrogens is 4. The normalized spacial score (nSPS) is 11.4. The van der Waals surface area contributed by atoms with Gasteiger partial charge in [0, 0.05) is 6.54 Å². The van der Waals surface area contributed by atoms with Gasteiger partial charge in [-0.05, 0) is 5.56 Å². The molecule has 0 aliphatic heterocycles. The third-order valence-electron chi connectivity index (χ3n) is 2.97. The van der Waals surface area contributed by atoms with Gasteiger partial charge in [-0.2, -0.15) is 0 Å². The van der Waals surface area contributed by atoms with Crippen LogP contribution in [-0.4, -0.2) is 19.5 Å². The van der Waals surface area contributed by atoms with Crippen molar-refractivity contribution in [3.8, 4) is 0 Å². The number of H-pyrrole nitrogens is 2. The van der Waals surface area contributed by atoms with Gasteiger partial charge in [-0.15, -0.1) is 0 Å². The highest BCUT2D eigenvalue weighted by atomic mass is 16.2. The Morgan fingerprint density at radius 1 is 1.20 bits per heavy atom. The van der Waals surface area contributed by atoms with E-state index in [1.54, 1.807) is 6.08 Å². The summed E-state index contributed by atoms with van der Waals surface area (Å²) in [7, 11) is 0. The van der Waals surface area contributed by atoms with Crippen LogP contribution in [0, 0.1) is 0 Å². The Morgan fingerprint density at radius 2 is 2.00 bits per heavy atom. The minimum absolute atomic E-state index is 0.206. The number of imidazole rings is 1. The molecule has 0 saturated heterocycles. The second kappa shape index (κ2) is 5.00. The molecule has 1 aromatic carbocycles. The van der Waals surface area contributed by atoms with Crippen molar-refractivity contribution in [1.29, 1.82) is 0 Å². The molecule has 2 N–H and O–H groups in total. The molecule has 0 radical (unpaired) electrons. The Labute approximate surface area is 113 Å². The molecule has 3 aromatic rings. The van der Waals surface area contributed by atoms with E-state index in [1.807, 2.05) is 36.4 Å². The Kier molecular flexibility index (Phi) is 3.04. The molecule has 2 aromatic heterocycles. The fourth-order valence-electron chi connectivity index (χ4n) is 1.97. The molecular formula is C14H12N4O2. The molecule has 0 fully saturated rings. The summed E-state index contributed by atoms with van der Waals surface area (Å²) in [4.78, 5) is 33.1. The van der Waals surface area contributed by atoms with Crippen LogP contribution in [0.15, 0.2) is 52.3 Å². The number of rotatable bonds is 3. The van der Waals surface area contributed by atoms with Gasteiger partial charge in [-0.25, -0.2) is 9.78 Å². The van der Waals surface area contributed by atoms with Gasteiger partial charge < -0.3 is 4.98 Å². The van der Waals surface area contributed by atoms with Crippen LogP contribution in [0.25, 0.3) is 17.2 Å². The van der Waals surface area contributed by atoms with Crippen LogP contribution in [0.3, 0.4) is 0 Å². The maximum absolute atomic E-state index is 12.1. The third kappa shape index (κ3) is 2.18. The van der Waals surface area contributed by atoms with Crippen LogP contribution in [0.4, 0.5) is 0 Å². The SMILES string of the molecule is O=c1[nH]c2nc[nH]c2c(=O)n1CC=Cc1ccccc1. The Balaban J connectivity index is 1.93. The van der Waals surface area contributed by atoms with Gasteiger partial charge in [0.2, 0.25) is 0 Å². The molecule has 0 amide bonds. The molecule has 6 heteroatoms. The smallest absolute Gasteiger partial charge is 0.330 e. The number of fused-ring (bicyclic) bond motifs is 1. The van der Waals surface area contributed by atoms with E-state index in [0.717, 1.165) is 10.1 Å². The summed E-state index contributed by atoms with van der Waals surface area (Å²) in [6.45, 7) is 0.206. The summed E-state index contributed by atoms with van der Waals surface area (Å²) in [6.07, 6.45) is 5.02. The van der Waals surface area contributed by atoms with E-state index in [2.05, 4.69) is 15.0 Å². The fraction of sp³-hybridized carbons (Fsp3) is 0.0714. The monoisotopic (exact) mass is 268 g/mol. The Morgan fingerprint density at radius 3 is 2.80 bits per heavy atom. The van der Waals surface area contributed by atoms with Crippen LogP contribution >= 0.6 is 0 Å². The summed E-state index contributed by atoms with van der Waals surface area (Å²) in [5, 5.41) is 0. The predicted molar refractivity (Wildman–Crippen MR) is 76.5 cm³/mol. The van der Waals surface area contributed by atoms with Crippen molar-refractivity contribution < 1.29 is 0 Å². The third-order valence-corrected chi connectivity index (χ3v) is 2.97. The summed E-state index contributed by atoms with van der Waals surface area (Å²) >= 11 is 0.